The molecule has 5 nitrogen and oxygen atoms in total. The lowest BCUT2D eigenvalue weighted by molar-refractivity contribution is -0.142. The van der Waals surface area contributed by atoms with Gasteiger partial charge in [0.1, 0.15) is 0 Å². The molecule has 0 aromatic heterocycles. The highest BCUT2D eigenvalue weighted by molar-refractivity contribution is 6.05. The number of fused-ring (bicyclic) bond motifs is 1. The SMILES string of the molecule is C[C@H]1C(=O)Nc2ccc(C(=O)COC(=O)CCC3CCCCC3)cc21. The average Bonchev–Trinajstić information content (AvgIpc) is 2.92. The summed E-state index contributed by atoms with van der Waals surface area (Å²) in [5.74, 6) is -0.236. The summed E-state index contributed by atoms with van der Waals surface area (Å²) in [4.78, 5) is 35.8. The molecule has 25 heavy (non-hydrogen) atoms. The Bertz CT molecular complexity index is 676. The molecule has 0 spiro atoms. The minimum absolute atomic E-state index is 0.0614. The Morgan fingerprint density at radius 2 is 1.96 bits per heavy atom. The van der Waals surface area contributed by atoms with Crippen molar-refractivity contribution in [2.24, 2.45) is 5.92 Å². The van der Waals surface area contributed by atoms with Crippen molar-refractivity contribution in [3.05, 3.63) is 29.3 Å². The van der Waals surface area contributed by atoms with Crippen LogP contribution < -0.4 is 5.32 Å². The van der Waals surface area contributed by atoms with Gasteiger partial charge in [-0.05, 0) is 43.0 Å². The summed E-state index contributed by atoms with van der Waals surface area (Å²) in [7, 11) is 0. The molecule has 1 N–H and O–H groups in total. The zero-order chi connectivity index (χ0) is 17.8. The van der Waals surface area contributed by atoms with Crippen LogP contribution >= 0.6 is 0 Å². The van der Waals surface area contributed by atoms with Gasteiger partial charge in [-0.3, -0.25) is 14.4 Å². The second-order valence-corrected chi connectivity index (χ2v) is 7.14. The van der Waals surface area contributed by atoms with Crippen molar-refractivity contribution in [2.45, 2.75) is 57.8 Å². The van der Waals surface area contributed by atoms with Gasteiger partial charge in [-0.2, -0.15) is 0 Å². The van der Waals surface area contributed by atoms with Crippen LogP contribution in [0.1, 0.15) is 73.7 Å². The minimum Gasteiger partial charge on any atom is -0.457 e. The van der Waals surface area contributed by atoms with Crippen molar-refractivity contribution < 1.29 is 19.1 Å². The summed E-state index contributed by atoms with van der Waals surface area (Å²) in [6.45, 7) is 1.57. The topological polar surface area (TPSA) is 72.5 Å². The molecule has 1 aliphatic heterocycles. The highest BCUT2D eigenvalue weighted by Gasteiger charge is 2.27. The van der Waals surface area contributed by atoms with Crippen LogP contribution in [0.25, 0.3) is 0 Å². The van der Waals surface area contributed by atoms with Crippen LogP contribution in [0, 0.1) is 5.92 Å². The number of ether oxygens (including phenoxy) is 1. The zero-order valence-corrected chi connectivity index (χ0v) is 14.7. The lowest BCUT2D eigenvalue weighted by Gasteiger charge is -2.20. The number of rotatable bonds is 6. The highest BCUT2D eigenvalue weighted by atomic mass is 16.5. The van der Waals surface area contributed by atoms with Crippen molar-refractivity contribution >= 4 is 23.3 Å². The van der Waals surface area contributed by atoms with Crippen molar-refractivity contribution in [2.75, 3.05) is 11.9 Å². The molecule has 1 aliphatic carbocycles. The fourth-order valence-corrected chi connectivity index (χ4v) is 3.69. The fraction of sp³-hybridized carbons (Fsp3) is 0.550. The maximum Gasteiger partial charge on any atom is 0.306 e. The first-order valence-corrected chi connectivity index (χ1v) is 9.18. The number of Topliss-reactive ketones (excluding diaryl/α,β-unsaturated/α-hetero) is 1. The number of anilines is 1. The predicted octanol–water partition coefficient (Wildman–Crippen LogP) is 3.83. The molecule has 0 radical (unpaired) electrons. The van der Waals surface area contributed by atoms with Gasteiger partial charge < -0.3 is 10.1 Å². The molecule has 134 valence electrons. The minimum atomic E-state index is -0.301. The molecular weight excluding hydrogens is 318 g/mol. The van der Waals surface area contributed by atoms with Crippen LogP contribution in [0.2, 0.25) is 0 Å². The van der Waals surface area contributed by atoms with Crippen LogP contribution in [-0.4, -0.2) is 24.3 Å². The summed E-state index contributed by atoms with van der Waals surface area (Å²) in [6.07, 6.45) is 7.46. The Hall–Kier alpha value is -2.17. The summed E-state index contributed by atoms with van der Waals surface area (Å²) in [5, 5.41) is 2.78. The number of amides is 1. The number of ketones is 1. The fourth-order valence-electron chi connectivity index (χ4n) is 3.69. The molecule has 1 atom stereocenters. The van der Waals surface area contributed by atoms with Gasteiger partial charge in [0.2, 0.25) is 5.91 Å². The number of benzene rings is 1. The maximum atomic E-state index is 12.3. The Morgan fingerprint density at radius 3 is 2.72 bits per heavy atom. The third-order valence-electron chi connectivity index (χ3n) is 5.34. The van der Waals surface area contributed by atoms with Crippen molar-refractivity contribution in [3.8, 4) is 0 Å². The number of hydrogen-bond donors (Lipinski definition) is 1. The van der Waals surface area contributed by atoms with Gasteiger partial charge in [0, 0.05) is 17.7 Å². The molecule has 1 fully saturated rings. The zero-order valence-electron chi connectivity index (χ0n) is 14.7. The van der Waals surface area contributed by atoms with E-state index in [0.717, 1.165) is 17.7 Å². The van der Waals surface area contributed by atoms with E-state index in [-0.39, 0.29) is 30.2 Å². The largest absolute Gasteiger partial charge is 0.457 e. The van der Waals surface area contributed by atoms with E-state index in [0.29, 0.717) is 17.9 Å². The summed E-state index contributed by atoms with van der Waals surface area (Å²) in [6, 6.07) is 5.11. The summed E-state index contributed by atoms with van der Waals surface area (Å²) in [5.41, 5.74) is 2.04. The Morgan fingerprint density at radius 1 is 1.20 bits per heavy atom. The van der Waals surface area contributed by atoms with E-state index < -0.39 is 0 Å². The molecule has 1 saturated carbocycles. The van der Waals surface area contributed by atoms with E-state index in [1.165, 1.54) is 32.1 Å². The normalized spacial score (nSPS) is 20.0. The average molecular weight is 343 g/mol. The summed E-state index contributed by atoms with van der Waals surface area (Å²) >= 11 is 0. The second-order valence-electron chi connectivity index (χ2n) is 7.14. The molecule has 0 unspecified atom stereocenters. The lowest BCUT2D eigenvalue weighted by Crippen LogP contribution is -2.16. The molecule has 2 aliphatic rings. The van der Waals surface area contributed by atoms with Crippen LogP contribution in [0.5, 0.6) is 0 Å². The highest BCUT2D eigenvalue weighted by Crippen LogP contribution is 2.32. The quantitative estimate of drug-likeness (QED) is 0.629. The first kappa shape index (κ1) is 17.6. The van der Waals surface area contributed by atoms with Gasteiger partial charge in [0.05, 0.1) is 5.92 Å². The number of hydrogen-bond acceptors (Lipinski definition) is 4. The molecule has 0 saturated heterocycles. The molecule has 1 aromatic carbocycles. The number of carbonyl (C=O) groups is 3. The smallest absolute Gasteiger partial charge is 0.306 e. The second kappa shape index (κ2) is 7.81. The van der Waals surface area contributed by atoms with E-state index in [1.54, 1.807) is 25.1 Å². The first-order chi connectivity index (χ1) is 12.0. The molecular formula is C20H25NO4. The summed E-state index contributed by atoms with van der Waals surface area (Å²) < 4.78 is 5.15. The van der Waals surface area contributed by atoms with Crippen molar-refractivity contribution in [3.63, 3.8) is 0 Å². The Labute approximate surface area is 148 Å². The number of esters is 1. The van der Waals surface area contributed by atoms with Gasteiger partial charge in [0.15, 0.2) is 12.4 Å². The molecule has 5 heteroatoms. The third-order valence-corrected chi connectivity index (χ3v) is 5.34. The van der Waals surface area contributed by atoms with Crippen LogP contribution in [0.15, 0.2) is 18.2 Å². The molecule has 0 bridgehead atoms. The van der Waals surface area contributed by atoms with E-state index in [9.17, 15) is 14.4 Å². The van der Waals surface area contributed by atoms with Gasteiger partial charge in [0.25, 0.3) is 0 Å². The molecule has 1 heterocycles. The monoisotopic (exact) mass is 343 g/mol. The first-order valence-electron chi connectivity index (χ1n) is 9.18. The van der Waals surface area contributed by atoms with Crippen LogP contribution in [-0.2, 0) is 14.3 Å². The Balaban J connectivity index is 1.48. The van der Waals surface area contributed by atoms with E-state index in [2.05, 4.69) is 5.32 Å². The van der Waals surface area contributed by atoms with Crippen molar-refractivity contribution in [1.82, 2.24) is 0 Å². The lowest BCUT2D eigenvalue weighted by atomic mass is 9.86. The van der Waals surface area contributed by atoms with Crippen LogP contribution in [0.3, 0.4) is 0 Å². The molecule has 1 aromatic rings. The van der Waals surface area contributed by atoms with Crippen molar-refractivity contribution in [1.29, 1.82) is 0 Å². The van der Waals surface area contributed by atoms with E-state index in [4.69, 9.17) is 4.74 Å². The van der Waals surface area contributed by atoms with Crippen LogP contribution in [0.4, 0.5) is 5.69 Å². The van der Waals surface area contributed by atoms with Gasteiger partial charge in [-0.1, -0.05) is 32.1 Å². The molecule has 1 amide bonds. The number of carbonyl (C=O) groups excluding carboxylic acids is 3. The number of nitrogens with one attached hydrogen (secondary N) is 1. The van der Waals surface area contributed by atoms with E-state index >= 15 is 0 Å². The molecule has 3 rings (SSSR count). The van der Waals surface area contributed by atoms with E-state index in [1.807, 2.05) is 0 Å². The maximum absolute atomic E-state index is 12.3. The Kier molecular flexibility index (Phi) is 5.51. The standard InChI is InChI=1S/C20H25NO4/c1-13-16-11-15(8-9-17(16)21-20(13)24)18(22)12-25-19(23)10-7-14-5-3-2-4-6-14/h8-9,11,13-14H,2-7,10,12H2,1H3,(H,21,24)/t13-/m1/s1. The van der Waals surface area contributed by atoms with Gasteiger partial charge >= 0.3 is 5.97 Å². The van der Waals surface area contributed by atoms with Gasteiger partial charge in [-0.15, -0.1) is 0 Å². The van der Waals surface area contributed by atoms with Gasteiger partial charge in [-0.25, -0.2) is 0 Å². The third kappa shape index (κ3) is 4.27. The predicted molar refractivity (Wildman–Crippen MR) is 94.6 cm³/mol.